The van der Waals surface area contributed by atoms with Crippen LogP contribution in [0.3, 0.4) is 0 Å². The molecule has 1 aliphatic rings. The third-order valence-corrected chi connectivity index (χ3v) is 17.6. The van der Waals surface area contributed by atoms with E-state index in [-0.39, 0.29) is 13.0 Å². The lowest BCUT2D eigenvalue weighted by Crippen LogP contribution is -2.61. The van der Waals surface area contributed by atoms with Gasteiger partial charge in [-0.15, -0.1) is 0 Å². The number of hydrogen-bond acceptors (Lipinski definition) is 10. The van der Waals surface area contributed by atoms with Crippen molar-refractivity contribution >= 4 is 11.9 Å². The molecule has 6 N–H and O–H groups in total. The van der Waals surface area contributed by atoms with E-state index in [1.165, 1.54) is 218 Å². The Hall–Kier alpha value is -2.90. The fraction of sp³-hybridized carbons (Fsp3) is 0.821. The van der Waals surface area contributed by atoms with E-state index in [0.29, 0.717) is 19.3 Å². The Morgan fingerprint density at radius 1 is 0.438 bits per heavy atom. The van der Waals surface area contributed by atoms with Crippen LogP contribution in [-0.4, -0.2) is 99.6 Å². The molecule has 1 aliphatic heterocycles. The Labute approximate surface area is 547 Å². The summed E-state index contributed by atoms with van der Waals surface area (Å²) >= 11 is 0. The van der Waals surface area contributed by atoms with Crippen LogP contribution in [0.4, 0.5) is 0 Å². The number of esters is 1. The molecule has 11 heteroatoms. The van der Waals surface area contributed by atoms with Gasteiger partial charge in [0.1, 0.15) is 24.4 Å². The van der Waals surface area contributed by atoms with Crippen LogP contribution < -0.4 is 5.32 Å². The van der Waals surface area contributed by atoms with Crippen molar-refractivity contribution in [2.75, 3.05) is 13.2 Å². The Kier molecular flexibility index (Phi) is 61.6. The number of allylic oxidation sites excluding steroid dienone is 11. The van der Waals surface area contributed by atoms with Gasteiger partial charge in [-0.1, -0.05) is 318 Å². The highest BCUT2D eigenvalue weighted by atomic mass is 16.7. The maximum absolute atomic E-state index is 13.5. The summed E-state index contributed by atoms with van der Waals surface area (Å²) in [4.78, 5) is 26.7. The molecule has 0 saturated carbocycles. The normalized spacial score (nSPS) is 18.5. The van der Waals surface area contributed by atoms with Crippen molar-refractivity contribution in [3.05, 3.63) is 72.9 Å². The average molecular weight is 1250 g/mol. The zero-order chi connectivity index (χ0) is 64.6. The van der Waals surface area contributed by atoms with Crippen LogP contribution in [0, 0.1) is 0 Å². The van der Waals surface area contributed by atoms with Crippen molar-refractivity contribution in [1.29, 1.82) is 0 Å². The van der Waals surface area contributed by atoms with E-state index < -0.39 is 67.4 Å². The molecule has 1 amide bonds. The van der Waals surface area contributed by atoms with Crippen molar-refractivity contribution in [2.45, 2.75) is 397 Å². The third kappa shape index (κ3) is 52.2. The second kappa shape index (κ2) is 65.2. The zero-order valence-electron chi connectivity index (χ0n) is 57.8. The first-order chi connectivity index (χ1) is 43.7. The van der Waals surface area contributed by atoms with Crippen LogP contribution in [0.25, 0.3) is 0 Å². The van der Waals surface area contributed by atoms with Crippen LogP contribution in [0.2, 0.25) is 0 Å². The van der Waals surface area contributed by atoms with Crippen molar-refractivity contribution in [2.24, 2.45) is 0 Å². The molecule has 518 valence electrons. The summed E-state index contributed by atoms with van der Waals surface area (Å²) in [6.07, 6.45) is 75.1. The van der Waals surface area contributed by atoms with Crippen molar-refractivity contribution < 1.29 is 49.3 Å². The fourth-order valence-electron chi connectivity index (χ4n) is 11.6. The predicted molar refractivity (Wildman–Crippen MR) is 375 cm³/mol. The van der Waals surface area contributed by atoms with Crippen molar-refractivity contribution in [3.63, 3.8) is 0 Å². The molecule has 1 saturated heterocycles. The molecule has 1 fully saturated rings. The number of carbonyl (C=O) groups is 2. The molecular weight excluding hydrogens is 1110 g/mol. The summed E-state index contributed by atoms with van der Waals surface area (Å²) in [5.41, 5.74) is 0. The minimum atomic E-state index is -1.62. The molecule has 0 aliphatic carbocycles. The Bertz CT molecular complexity index is 1730. The van der Waals surface area contributed by atoms with E-state index >= 15 is 0 Å². The van der Waals surface area contributed by atoms with E-state index in [2.05, 4.69) is 86.8 Å². The largest absolute Gasteiger partial charge is 0.454 e. The Balaban J connectivity index is 2.56. The standard InChI is InChI=1S/C78H141NO10/c1-4-7-10-13-16-19-22-25-27-29-31-33-35-37-38-40-42-44-47-50-53-56-59-62-65-71(82)77(86)79-69(70(81)64-61-58-55-52-49-46-24-21-18-15-12-9-6-3)68-87-78-76(75(85)74(84)72(67-80)88-78)89-73(83)66-63-60-57-54-51-48-45-43-41-39-36-34-32-30-28-26-23-20-17-14-11-8-5-2/h16-17,19-20,25-28,32,34,61,64,69-72,74-76,78,80-82,84-85H,4-15,18,21-24,29-31,33,35-60,62-63,65-68H2,1-3H3,(H,79,86)/b19-16-,20-17-,27-25-,28-26-,34-32-,64-61+. The van der Waals surface area contributed by atoms with E-state index in [0.717, 1.165) is 83.5 Å². The lowest BCUT2D eigenvalue weighted by Gasteiger charge is -2.41. The highest BCUT2D eigenvalue weighted by Gasteiger charge is 2.47. The molecule has 11 nitrogen and oxygen atoms in total. The second-order valence-electron chi connectivity index (χ2n) is 26.0. The maximum atomic E-state index is 13.5. The van der Waals surface area contributed by atoms with Gasteiger partial charge >= 0.3 is 5.97 Å². The Morgan fingerprint density at radius 2 is 0.775 bits per heavy atom. The molecule has 1 rings (SSSR count). The van der Waals surface area contributed by atoms with Gasteiger partial charge in [0, 0.05) is 6.42 Å². The first-order valence-electron chi connectivity index (χ1n) is 37.7. The summed E-state index contributed by atoms with van der Waals surface area (Å²) in [6.45, 7) is 5.79. The van der Waals surface area contributed by atoms with Gasteiger partial charge in [0.25, 0.3) is 0 Å². The smallest absolute Gasteiger partial charge is 0.306 e. The highest BCUT2D eigenvalue weighted by Crippen LogP contribution is 2.26. The molecule has 1 heterocycles. The van der Waals surface area contributed by atoms with E-state index in [1.807, 2.05) is 6.08 Å². The number of nitrogens with one attached hydrogen (secondary N) is 1. The van der Waals surface area contributed by atoms with Gasteiger partial charge < -0.3 is 45.1 Å². The average Bonchev–Trinajstić information content (AvgIpc) is 3.20. The van der Waals surface area contributed by atoms with Crippen molar-refractivity contribution in [1.82, 2.24) is 5.32 Å². The summed E-state index contributed by atoms with van der Waals surface area (Å²) in [6, 6.07) is -1.03. The molecule has 0 aromatic carbocycles. The summed E-state index contributed by atoms with van der Waals surface area (Å²) in [5, 5.41) is 57.4. The number of ether oxygens (including phenoxy) is 3. The Morgan fingerprint density at radius 3 is 1.18 bits per heavy atom. The zero-order valence-corrected chi connectivity index (χ0v) is 57.8. The monoisotopic (exact) mass is 1250 g/mol. The number of carbonyl (C=O) groups excluding carboxylic acids is 2. The fourth-order valence-corrected chi connectivity index (χ4v) is 11.6. The van der Waals surface area contributed by atoms with Gasteiger partial charge in [-0.2, -0.15) is 0 Å². The maximum Gasteiger partial charge on any atom is 0.306 e. The first kappa shape index (κ1) is 84.1. The molecular formula is C78H141NO10. The van der Waals surface area contributed by atoms with Crippen molar-refractivity contribution in [3.8, 4) is 0 Å². The number of amides is 1. The van der Waals surface area contributed by atoms with Gasteiger partial charge in [0.15, 0.2) is 12.4 Å². The van der Waals surface area contributed by atoms with Gasteiger partial charge in [-0.05, 0) is 96.3 Å². The summed E-state index contributed by atoms with van der Waals surface area (Å²) < 4.78 is 17.7. The van der Waals surface area contributed by atoms with Gasteiger partial charge in [-0.25, -0.2) is 0 Å². The van der Waals surface area contributed by atoms with E-state index in [9.17, 15) is 35.1 Å². The van der Waals surface area contributed by atoms with E-state index in [1.54, 1.807) is 6.08 Å². The van der Waals surface area contributed by atoms with Crippen LogP contribution in [-0.2, 0) is 23.8 Å². The SMILES string of the molecule is CCCCC/C=C\C/C=C\C/C=C\CCCCCCCCCCCCC(=O)OC1C(OCC(NC(=O)C(O)CCCCCCCCCCCCCCCC/C=C\C/C=C\CCCCC)C(O)/C=C/CCCCCCCCCCCCC)OC(CO)C(O)C1O. The first-order valence-corrected chi connectivity index (χ1v) is 37.7. The summed E-state index contributed by atoms with van der Waals surface area (Å²) in [7, 11) is 0. The number of rotatable bonds is 65. The lowest BCUT2D eigenvalue weighted by atomic mass is 9.99. The molecule has 0 radical (unpaired) electrons. The molecule has 0 bridgehead atoms. The molecule has 8 atom stereocenters. The number of aliphatic hydroxyl groups excluding tert-OH is 5. The molecule has 0 aromatic heterocycles. The van der Waals surface area contributed by atoms with Crippen LogP contribution >= 0.6 is 0 Å². The molecule has 0 aromatic rings. The van der Waals surface area contributed by atoms with Gasteiger partial charge in [-0.3, -0.25) is 9.59 Å². The summed E-state index contributed by atoms with van der Waals surface area (Å²) in [5.74, 6) is -1.19. The number of aliphatic hydroxyl groups is 5. The second-order valence-corrected chi connectivity index (χ2v) is 26.0. The van der Waals surface area contributed by atoms with Gasteiger partial charge in [0.05, 0.1) is 25.4 Å². The predicted octanol–water partition coefficient (Wildman–Crippen LogP) is 19.9. The quantitative estimate of drug-likeness (QED) is 0.0195. The third-order valence-electron chi connectivity index (χ3n) is 17.6. The highest BCUT2D eigenvalue weighted by molar-refractivity contribution is 5.80. The molecule has 8 unspecified atom stereocenters. The van der Waals surface area contributed by atoms with Crippen LogP contribution in [0.1, 0.15) is 348 Å². The van der Waals surface area contributed by atoms with Gasteiger partial charge in [0.2, 0.25) is 5.91 Å². The van der Waals surface area contributed by atoms with Crippen LogP contribution in [0.5, 0.6) is 0 Å². The topological polar surface area (TPSA) is 175 Å². The number of hydrogen-bond donors (Lipinski definition) is 6. The molecule has 0 spiro atoms. The molecule has 89 heavy (non-hydrogen) atoms. The lowest BCUT2D eigenvalue weighted by molar-refractivity contribution is -0.305. The minimum absolute atomic E-state index is 0.118. The van der Waals surface area contributed by atoms with Crippen LogP contribution in [0.15, 0.2) is 72.9 Å². The number of unbranched alkanes of at least 4 members (excludes halogenated alkanes) is 41. The van der Waals surface area contributed by atoms with E-state index in [4.69, 9.17) is 14.2 Å². The minimum Gasteiger partial charge on any atom is -0.454 e.